The molecule has 0 aliphatic carbocycles. The third kappa shape index (κ3) is 4.51. The first-order valence-electron chi connectivity index (χ1n) is 11.0. The molecule has 5 nitrogen and oxygen atoms in total. The van der Waals surface area contributed by atoms with Crippen molar-refractivity contribution in [3.8, 4) is 5.75 Å². The number of ketones is 1. The Morgan fingerprint density at radius 2 is 1.66 bits per heavy atom. The van der Waals surface area contributed by atoms with Crippen molar-refractivity contribution in [2.75, 3.05) is 11.5 Å². The molecular formula is C27H22F3NO4. The number of nitrogens with zero attached hydrogens (tertiary/aromatic N) is 1. The first-order chi connectivity index (χ1) is 16.7. The van der Waals surface area contributed by atoms with Gasteiger partial charge in [0.1, 0.15) is 29.0 Å². The number of anilines is 1. The molecule has 0 saturated carbocycles. The lowest BCUT2D eigenvalue weighted by molar-refractivity contribution is -0.132. The lowest BCUT2D eigenvalue weighted by atomic mass is 9.94. The molecule has 0 aromatic heterocycles. The van der Waals surface area contributed by atoms with Gasteiger partial charge in [0.05, 0.1) is 23.9 Å². The number of amides is 1. The average molecular weight is 481 g/mol. The van der Waals surface area contributed by atoms with Crippen LogP contribution in [-0.2, 0) is 9.59 Å². The molecule has 180 valence electrons. The van der Waals surface area contributed by atoms with Crippen molar-refractivity contribution in [2.45, 2.75) is 26.3 Å². The Morgan fingerprint density at radius 1 is 0.971 bits per heavy atom. The van der Waals surface area contributed by atoms with Crippen molar-refractivity contribution in [1.29, 1.82) is 0 Å². The SMILES string of the molecule is CCCOc1ccc(/C(O)=C2\C(=O)C(=O)N(c3cc(F)ccc3F)C2c2ccc(F)cc2)cc1C. The van der Waals surface area contributed by atoms with Gasteiger partial charge in [0, 0.05) is 11.6 Å². The summed E-state index contributed by atoms with van der Waals surface area (Å²) in [6.45, 7) is 4.23. The molecule has 1 saturated heterocycles. The summed E-state index contributed by atoms with van der Waals surface area (Å²) in [5.41, 5.74) is 0.352. The Kier molecular flexibility index (Phi) is 6.64. The number of rotatable bonds is 6. The zero-order valence-corrected chi connectivity index (χ0v) is 19.0. The van der Waals surface area contributed by atoms with Gasteiger partial charge in [-0.2, -0.15) is 0 Å². The number of carbonyl (C=O) groups is 2. The molecule has 1 amide bonds. The number of hydrogen-bond donors (Lipinski definition) is 1. The molecule has 3 aromatic rings. The van der Waals surface area contributed by atoms with Crippen molar-refractivity contribution in [1.82, 2.24) is 0 Å². The molecule has 0 bridgehead atoms. The molecule has 0 spiro atoms. The summed E-state index contributed by atoms with van der Waals surface area (Å²) < 4.78 is 48.0. The van der Waals surface area contributed by atoms with E-state index in [-0.39, 0.29) is 16.7 Å². The van der Waals surface area contributed by atoms with Crippen LogP contribution >= 0.6 is 0 Å². The maximum absolute atomic E-state index is 14.7. The number of ether oxygens (including phenoxy) is 1. The third-order valence-electron chi connectivity index (χ3n) is 5.71. The zero-order valence-electron chi connectivity index (χ0n) is 19.0. The fraction of sp³-hybridized carbons (Fsp3) is 0.185. The van der Waals surface area contributed by atoms with Crippen LogP contribution in [0.2, 0.25) is 0 Å². The molecule has 1 heterocycles. The van der Waals surface area contributed by atoms with Gasteiger partial charge in [-0.05, 0) is 66.9 Å². The highest BCUT2D eigenvalue weighted by molar-refractivity contribution is 6.51. The van der Waals surface area contributed by atoms with Crippen LogP contribution in [-0.4, -0.2) is 23.4 Å². The summed E-state index contributed by atoms with van der Waals surface area (Å²) in [6.07, 6.45) is 0.804. The second kappa shape index (κ2) is 9.66. The Bertz CT molecular complexity index is 1330. The van der Waals surface area contributed by atoms with Crippen LogP contribution in [0.25, 0.3) is 5.76 Å². The van der Waals surface area contributed by atoms with Crippen molar-refractivity contribution in [3.63, 3.8) is 0 Å². The molecule has 1 unspecified atom stereocenters. The van der Waals surface area contributed by atoms with E-state index in [1.165, 1.54) is 18.2 Å². The predicted octanol–water partition coefficient (Wildman–Crippen LogP) is 5.83. The summed E-state index contributed by atoms with van der Waals surface area (Å²) in [4.78, 5) is 27.0. The highest BCUT2D eigenvalue weighted by Gasteiger charge is 2.47. The van der Waals surface area contributed by atoms with Crippen LogP contribution in [0.1, 0.15) is 36.1 Å². The monoisotopic (exact) mass is 481 g/mol. The number of carbonyl (C=O) groups excluding carboxylic acids is 2. The maximum Gasteiger partial charge on any atom is 0.300 e. The lowest BCUT2D eigenvalue weighted by Gasteiger charge is -2.26. The van der Waals surface area contributed by atoms with Crippen LogP contribution in [0.5, 0.6) is 5.75 Å². The highest BCUT2D eigenvalue weighted by Crippen LogP contribution is 2.43. The fourth-order valence-corrected chi connectivity index (χ4v) is 4.04. The molecule has 35 heavy (non-hydrogen) atoms. The quantitative estimate of drug-likeness (QED) is 0.273. The minimum atomic E-state index is -1.32. The molecule has 1 N–H and O–H groups in total. The predicted molar refractivity (Wildman–Crippen MR) is 125 cm³/mol. The van der Waals surface area contributed by atoms with E-state index < -0.39 is 46.6 Å². The Balaban J connectivity index is 1.90. The molecular weight excluding hydrogens is 459 g/mol. The largest absolute Gasteiger partial charge is 0.507 e. The van der Waals surface area contributed by atoms with Crippen LogP contribution in [0.15, 0.2) is 66.2 Å². The standard InChI is InChI=1S/C27H22F3NO4/c1-3-12-35-22-11-6-17(13-15(22)2)25(32)23-24(16-4-7-18(28)8-5-16)31(27(34)26(23)33)21-14-19(29)9-10-20(21)30/h4-11,13-14,24,32H,3,12H2,1-2H3/b25-23+. The van der Waals surface area contributed by atoms with Crippen LogP contribution in [0, 0.1) is 24.4 Å². The molecule has 0 radical (unpaired) electrons. The molecule has 1 atom stereocenters. The Hall–Kier alpha value is -4.07. The first kappa shape index (κ1) is 24.1. The number of benzene rings is 3. The fourth-order valence-electron chi connectivity index (χ4n) is 4.04. The summed E-state index contributed by atoms with van der Waals surface area (Å²) in [7, 11) is 0. The number of aryl methyl sites for hydroxylation is 1. The molecule has 3 aromatic carbocycles. The van der Waals surface area contributed by atoms with Gasteiger partial charge in [-0.1, -0.05) is 19.1 Å². The van der Waals surface area contributed by atoms with Crippen molar-refractivity contribution in [2.24, 2.45) is 0 Å². The van der Waals surface area contributed by atoms with E-state index in [2.05, 4.69) is 0 Å². The molecule has 1 aliphatic rings. The smallest absolute Gasteiger partial charge is 0.300 e. The first-order valence-corrected chi connectivity index (χ1v) is 11.0. The second-order valence-corrected chi connectivity index (χ2v) is 8.15. The van der Waals surface area contributed by atoms with Crippen LogP contribution in [0.4, 0.5) is 18.9 Å². The second-order valence-electron chi connectivity index (χ2n) is 8.15. The van der Waals surface area contributed by atoms with E-state index in [0.29, 0.717) is 17.9 Å². The normalized spacial score (nSPS) is 17.2. The molecule has 8 heteroatoms. The third-order valence-corrected chi connectivity index (χ3v) is 5.71. The van der Waals surface area contributed by atoms with E-state index in [1.54, 1.807) is 19.1 Å². The average Bonchev–Trinajstić information content (AvgIpc) is 3.10. The summed E-state index contributed by atoms with van der Waals surface area (Å²) in [6, 6.07) is 10.8. The summed E-state index contributed by atoms with van der Waals surface area (Å²) in [5, 5.41) is 11.2. The molecule has 4 rings (SSSR count). The van der Waals surface area contributed by atoms with Gasteiger partial charge in [-0.3, -0.25) is 14.5 Å². The van der Waals surface area contributed by atoms with E-state index in [9.17, 15) is 27.9 Å². The summed E-state index contributed by atoms with van der Waals surface area (Å²) >= 11 is 0. The number of aliphatic hydroxyl groups excluding tert-OH is 1. The number of halogens is 3. The van der Waals surface area contributed by atoms with Gasteiger partial charge in [-0.15, -0.1) is 0 Å². The van der Waals surface area contributed by atoms with E-state index >= 15 is 0 Å². The minimum Gasteiger partial charge on any atom is -0.507 e. The van der Waals surface area contributed by atoms with Gasteiger partial charge in [0.25, 0.3) is 11.7 Å². The molecule has 1 fully saturated rings. The minimum absolute atomic E-state index is 0.232. The number of aliphatic hydroxyl groups is 1. The lowest BCUT2D eigenvalue weighted by Crippen LogP contribution is -2.30. The van der Waals surface area contributed by atoms with Gasteiger partial charge >= 0.3 is 0 Å². The van der Waals surface area contributed by atoms with Crippen molar-refractivity contribution < 1.29 is 32.6 Å². The topological polar surface area (TPSA) is 66.8 Å². The van der Waals surface area contributed by atoms with Crippen LogP contribution in [0.3, 0.4) is 0 Å². The number of Topliss-reactive ketones (excluding diaryl/α,β-unsaturated/α-hetero) is 1. The van der Waals surface area contributed by atoms with Gasteiger partial charge in [0.2, 0.25) is 0 Å². The van der Waals surface area contributed by atoms with Gasteiger partial charge in [0.15, 0.2) is 0 Å². The van der Waals surface area contributed by atoms with Gasteiger partial charge in [-0.25, -0.2) is 13.2 Å². The van der Waals surface area contributed by atoms with Crippen molar-refractivity contribution >= 4 is 23.1 Å². The van der Waals surface area contributed by atoms with E-state index in [0.717, 1.165) is 41.7 Å². The highest BCUT2D eigenvalue weighted by atomic mass is 19.1. The summed E-state index contributed by atoms with van der Waals surface area (Å²) in [5.74, 6) is -4.45. The van der Waals surface area contributed by atoms with E-state index in [1.807, 2.05) is 6.92 Å². The Morgan fingerprint density at radius 3 is 2.31 bits per heavy atom. The Labute approximate surface area is 200 Å². The van der Waals surface area contributed by atoms with Gasteiger partial charge < -0.3 is 9.84 Å². The zero-order chi connectivity index (χ0) is 25.3. The van der Waals surface area contributed by atoms with Crippen LogP contribution < -0.4 is 9.64 Å². The molecule has 1 aliphatic heterocycles. The van der Waals surface area contributed by atoms with Crippen molar-refractivity contribution in [3.05, 3.63) is 100 Å². The number of hydrogen-bond acceptors (Lipinski definition) is 4. The maximum atomic E-state index is 14.7. The van der Waals surface area contributed by atoms with E-state index in [4.69, 9.17) is 4.74 Å².